The zero-order chi connectivity index (χ0) is 29.4. The molecule has 0 saturated carbocycles. The zero-order valence-corrected chi connectivity index (χ0v) is 22.3. The Bertz CT molecular complexity index is 856. The zero-order valence-electron chi connectivity index (χ0n) is 22.3. The third-order valence-electron chi connectivity index (χ3n) is 6.34. The lowest BCUT2D eigenvalue weighted by Gasteiger charge is -2.28. The lowest BCUT2D eigenvalue weighted by atomic mass is 10.1. The van der Waals surface area contributed by atoms with Crippen molar-refractivity contribution in [1.82, 2.24) is 26.2 Å². The third kappa shape index (κ3) is 12.6. The number of amides is 3. The average molecular weight is 556 g/mol. The maximum Gasteiger partial charge on any atom is 0.326 e. The number of unbranched alkanes of at least 4 members (excludes halogenated alkanes) is 1. The molecule has 0 spiro atoms. The molecular formula is C23H45N11O5. The first-order valence-corrected chi connectivity index (χ1v) is 13.2. The van der Waals surface area contributed by atoms with Gasteiger partial charge in [0, 0.05) is 19.6 Å². The van der Waals surface area contributed by atoms with Gasteiger partial charge in [0.25, 0.3) is 0 Å². The van der Waals surface area contributed by atoms with Gasteiger partial charge in [0.1, 0.15) is 18.1 Å². The molecule has 0 aromatic heterocycles. The summed E-state index contributed by atoms with van der Waals surface area (Å²) in [5, 5.41) is 34.3. The van der Waals surface area contributed by atoms with Crippen LogP contribution in [-0.2, 0) is 19.2 Å². The number of rotatable bonds is 18. The van der Waals surface area contributed by atoms with Gasteiger partial charge in [0.05, 0.1) is 6.04 Å². The molecule has 222 valence electrons. The molecule has 39 heavy (non-hydrogen) atoms. The van der Waals surface area contributed by atoms with Crippen LogP contribution in [0, 0.1) is 10.8 Å². The van der Waals surface area contributed by atoms with E-state index in [1.165, 1.54) is 4.90 Å². The largest absolute Gasteiger partial charge is 0.480 e. The number of nitrogens with two attached hydrogens (primary N) is 4. The molecule has 0 aromatic carbocycles. The van der Waals surface area contributed by atoms with Crippen LogP contribution < -0.4 is 44.2 Å². The molecule has 0 bridgehead atoms. The maximum absolute atomic E-state index is 13.2. The van der Waals surface area contributed by atoms with E-state index in [1.807, 2.05) is 0 Å². The van der Waals surface area contributed by atoms with E-state index in [-0.39, 0.29) is 43.8 Å². The van der Waals surface area contributed by atoms with E-state index in [9.17, 15) is 24.3 Å². The fourth-order valence-electron chi connectivity index (χ4n) is 4.27. The molecule has 16 heteroatoms. The van der Waals surface area contributed by atoms with Crippen LogP contribution in [0.1, 0.15) is 57.8 Å². The first-order chi connectivity index (χ1) is 18.5. The van der Waals surface area contributed by atoms with Gasteiger partial charge >= 0.3 is 5.97 Å². The van der Waals surface area contributed by atoms with Crippen molar-refractivity contribution >= 4 is 35.6 Å². The fraction of sp³-hybridized carbons (Fsp3) is 0.739. The summed E-state index contributed by atoms with van der Waals surface area (Å²) < 4.78 is 0. The molecule has 1 aliphatic rings. The SMILES string of the molecule is N=C(N)NCCC[C@H](NC(=O)[C@H](CCCNC(=N)N)NC(=O)[C@@H]1CCCN1C(=O)[C@@H](N)CCCCN)C(=O)O. The Morgan fingerprint density at radius 2 is 1.49 bits per heavy atom. The van der Waals surface area contributed by atoms with Crippen LogP contribution in [0.3, 0.4) is 0 Å². The minimum Gasteiger partial charge on any atom is -0.480 e. The van der Waals surface area contributed by atoms with Gasteiger partial charge in [-0.05, 0) is 57.9 Å². The summed E-state index contributed by atoms with van der Waals surface area (Å²) in [6.07, 6.45) is 3.77. The number of guanidine groups is 2. The number of carboxylic acids is 1. The summed E-state index contributed by atoms with van der Waals surface area (Å²) in [5.74, 6) is -3.27. The Kier molecular flexibility index (Phi) is 15.2. The van der Waals surface area contributed by atoms with Gasteiger partial charge in [-0.15, -0.1) is 0 Å². The topological polar surface area (TPSA) is 292 Å². The van der Waals surface area contributed by atoms with E-state index < -0.39 is 42.0 Å². The van der Waals surface area contributed by atoms with Crippen LogP contribution >= 0.6 is 0 Å². The van der Waals surface area contributed by atoms with Crippen LogP contribution in [0.25, 0.3) is 0 Å². The minimum absolute atomic E-state index is 0.0703. The summed E-state index contributed by atoms with van der Waals surface area (Å²) in [6, 6.07) is -3.86. The highest BCUT2D eigenvalue weighted by molar-refractivity contribution is 5.94. The van der Waals surface area contributed by atoms with Gasteiger partial charge < -0.3 is 54.2 Å². The predicted molar refractivity (Wildman–Crippen MR) is 145 cm³/mol. The number of nitrogens with zero attached hydrogens (tertiary/aromatic N) is 1. The minimum atomic E-state index is -1.24. The standard InChI is InChI=1S/C23H45N11O5/c24-10-2-1-6-14(25)20(37)34-13-5-9-17(34)19(36)32-15(7-3-11-30-22(26)27)18(35)33-16(21(38)39)8-4-12-31-23(28)29/h14-17H,1-13,24-25H2,(H,32,36)(H,33,35)(H,38,39)(H4,26,27,30)(H4,28,29,31)/t14-,15-,16-,17-/m0/s1. The van der Waals surface area contributed by atoms with Gasteiger partial charge in [0.2, 0.25) is 17.7 Å². The normalized spacial score (nSPS) is 17.0. The first kappa shape index (κ1) is 33.4. The van der Waals surface area contributed by atoms with E-state index in [0.29, 0.717) is 51.6 Å². The van der Waals surface area contributed by atoms with E-state index >= 15 is 0 Å². The summed E-state index contributed by atoms with van der Waals surface area (Å²) in [7, 11) is 0. The van der Waals surface area contributed by atoms with Crippen molar-refractivity contribution in [2.24, 2.45) is 22.9 Å². The van der Waals surface area contributed by atoms with Crippen molar-refractivity contribution in [1.29, 1.82) is 10.8 Å². The molecule has 0 unspecified atom stereocenters. The molecule has 15 N–H and O–H groups in total. The maximum atomic E-state index is 13.2. The van der Waals surface area contributed by atoms with Crippen molar-refractivity contribution in [2.75, 3.05) is 26.2 Å². The number of carbonyl (C=O) groups is 4. The second-order valence-electron chi connectivity index (χ2n) is 9.51. The number of carbonyl (C=O) groups excluding carboxylic acids is 3. The Balaban J connectivity index is 2.89. The van der Waals surface area contributed by atoms with Crippen LogP contribution in [0.2, 0.25) is 0 Å². The van der Waals surface area contributed by atoms with E-state index in [0.717, 1.165) is 6.42 Å². The van der Waals surface area contributed by atoms with E-state index in [2.05, 4.69) is 21.3 Å². The summed E-state index contributed by atoms with van der Waals surface area (Å²) in [4.78, 5) is 52.4. The van der Waals surface area contributed by atoms with Gasteiger partial charge in [-0.1, -0.05) is 6.42 Å². The second-order valence-corrected chi connectivity index (χ2v) is 9.51. The molecule has 1 saturated heterocycles. The summed E-state index contributed by atoms with van der Waals surface area (Å²) in [5.41, 5.74) is 22.1. The summed E-state index contributed by atoms with van der Waals surface area (Å²) >= 11 is 0. The van der Waals surface area contributed by atoms with Crippen LogP contribution in [-0.4, -0.2) is 96.0 Å². The number of hydrogen-bond acceptors (Lipinski definition) is 8. The van der Waals surface area contributed by atoms with Gasteiger partial charge in [-0.3, -0.25) is 25.2 Å². The molecular weight excluding hydrogens is 510 g/mol. The van der Waals surface area contributed by atoms with Crippen LogP contribution in [0.4, 0.5) is 0 Å². The highest BCUT2D eigenvalue weighted by Gasteiger charge is 2.37. The quantitative estimate of drug-likeness (QED) is 0.0460. The number of aliphatic carboxylic acids is 1. The van der Waals surface area contributed by atoms with Crippen molar-refractivity contribution in [3.8, 4) is 0 Å². The second kappa shape index (κ2) is 17.8. The van der Waals surface area contributed by atoms with E-state index in [1.54, 1.807) is 0 Å². The lowest BCUT2D eigenvalue weighted by molar-refractivity contribution is -0.143. The van der Waals surface area contributed by atoms with Crippen molar-refractivity contribution in [3.63, 3.8) is 0 Å². The average Bonchev–Trinajstić information content (AvgIpc) is 3.36. The van der Waals surface area contributed by atoms with Gasteiger partial charge in [-0.2, -0.15) is 0 Å². The monoisotopic (exact) mass is 555 g/mol. The molecule has 0 radical (unpaired) electrons. The molecule has 0 aliphatic carbocycles. The molecule has 1 rings (SSSR count). The van der Waals surface area contributed by atoms with Crippen LogP contribution in [0.15, 0.2) is 0 Å². The van der Waals surface area contributed by atoms with Crippen molar-refractivity contribution in [2.45, 2.75) is 82.0 Å². The Hall–Kier alpha value is -3.66. The summed E-state index contributed by atoms with van der Waals surface area (Å²) in [6.45, 7) is 1.39. The lowest BCUT2D eigenvalue weighted by Crippen LogP contribution is -2.56. The van der Waals surface area contributed by atoms with Crippen molar-refractivity contribution in [3.05, 3.63) is 0 Å². The fourth-order valence-corrected chi connectivity index (χ4v) is 4.27. The number of likely N-dealkylation sites (tertiary alicyclic amines) is 1. The predicted octanol–water partition coefficient (Wildman–Crippen LogP) is -2.99. The highest BCUT2D eigenvalue weighted by atomic mass is 16.4. The van der Waals surface area contributed by atoms with E-state index in [4.69, 9.17) is 33.8 Å². The number of hydrogen-bond donors (Lipinski definition) is 11. The Labute approximate surface area is 228 Å². The first-order valence-electron chi connectivity index (χ1n) is 13.2. The van der Waals surface area contributed by atoms with Gasteiger partial charge in [-0.25, -0.2) is 4.79 Å². The smallest absolute Gasteiger partial charge is 0.326 e. The molecule has 0 aromatic rings. The van der Waals surface area contributed by atoms with Gasteiger partial charge in [0.15, 0.2) is 11.9 Å². The van der Waals surface area contributed by atoms with Crippen LogP contribution in [0.5, 0.6) is 0 Å². The third-order valence-corrected chi connectivity index (χ3v) is 6.34. The molecule has 1 fully saturated rings. The molecule has 1 heterocycles. The Morgan fingerprint density at radius 3 is 2.03 bits per heavy atom. The number of nitrogens with one attached hydrogen (secondary N) is 6. The highest BCUT2D eigenvalue weighted by Crippen LogP contribution is 2.20. The molecule has 4 atom stereocenters. The Morgan fingerprint density at radius 1 is 0.897 bits per heavy atom. The molecule has 3 amide bonds. The molecule has 1 aliphatic heterocycles. The van der Waals surface area contributed by atoms with Crippen molar-refractivity contribution < 1.29 is 24.3 Å². The molecule has 16 nitrogen and oxygen atoms in total. The number of carboxylic acid groups (broad SMARTS) is 1.